The van der Waals surface area contributed by atoms with Crippen molar-refractivity contribution in [2.75, 3.05) is 18.1 Å². The lowest BCUT2D eigenvalue weighted by Crippen LogP contribution is -2.54. The van der Waals surface area contributed by atoms with Gasteiger partial charge in [0.25, 0.3) is 5.69 Å². The normalized spacial score (nSPS) is 19.1. The number of hydrogen-bond donors (Lipinski definition) is 2. The van der Waals surface area contributed by atoms with E-state index in [9.17, 15) is 36.5 Å². The van der Waals surface area contributed by atoms with Gasteiger partial charge in [0.05, 0.1) is 21.4 Å². The highest BCUT2D eigenvalue weighted by Crippen LogP contribution is 2.46. The summed E-state index contributed by atoms with van der Waals surface area (Å²) in [7, 11) is -3.10. The Hall–Kier alpha value is -3.66. The number of alkyl carbamates (subject to hydrolysis) is 1. The number of amides is 1. The van der Waals surface area contributed by atoms with E-state index in [2.05, 4.69) is 15.6 Å². The van der Waals surface area contributed by atoms with Crippen LogP contribution in [0.1, 0.15) is 38.8 Å². The molecular formula is C23H24ClF4N5O6S. The van der Waals surface area contributed by atoms with Crippen molar-refractivity contribution in [1.82, 2.24) is 9.62 Å². The van der Waals surface area contributed by atoms with Crippen LogP contribution in [0, 0.1) is 15.9 Å². The maximum absolute atomic E-state index is 15.9. The van der Waals surface area contributed by atoms with Crippen molar-refractivity contribution < 1.29 is 40.4 Å². The maximum Gasteiger partial charge on any atom is 0.420 e. The number of carbonyl (C=O) groups is 1. The molecule has 1 aliphatic rings. The fraction of sp³-hybridized carbons (Fsp3) is 0.391. The summed E-state index contributed by atoms with van der Waals surface area (Å²) < 4.78 is 88.9. The minimum Gasteiger partial charge on any atom is -0.444 e. The largest absolute Gasteiger partial charge is 0.444 e. The highest BCUT2D eigenvalue weighted by molar-refractivity contribution is 7.89. The number of benzene rings is 2. The van der Waals surface area contributed by atoms with Crippen LogP contribution in [0.15, 0.2) is 35.3 Å². The number of hydrogen-bond acceptors (Lipinski definition) is 8. The quantitative estimate of drug-likeness (QED) is 0.264. The van der Waals surface area contributed by atoms with E-state index in [4.69, 9.17) is 16.3 Å². The number of nitrogens with one attached hydrogen (secondary N) is 2. The number of halogens is 5. The van der Waals surface area contributed by atoms with E-state index >= 15 is 4.39 Å². The number of aliphatic imine (C=N–C) groups is 1. The lowest BCUT2D eigenvalue weighted by molar-refractivity contribution is -0.384. The van der Waals surface area contributed by atoms with E-state index < -0.39 is 89.1 Å². The Labute approximate surface area is 231 Å². The summed E-state index contributed by atoms with van der Waals surface area (Å²) >= 11 is 5.70. The maximum atomic E-state index is 15.9. The molecule has 1 atom stereocenters. The van der Waals surface area contributed by atoms with Gasteiger partial charge in [-0.05, 0) is 39.8 Å². The first kappa shape index (κ1) is 30.9. The Kier molecular flexibility index (Phi) is 8.02. The average Bonchev–Trinajstić information content (AvgIpc) is 2.76. The summed E-state index contributed by atoms with van der Waals surface area (Å²) in [6, 6.07) is 4.76. The number of carbonyl (C=O) groups excluding carboxylic acids is 1. The van der Waals surface area contributed by atoms with Gasteiger partial charge in [0.2, 0.25) is 16.0 Å². The molecule has 0 aliphatic carbocycles. The molecule has 218 valence electrons. The summed E-state index contributed by atoms with van der Waals surface area (Å²) in [4.78, 5) is 26.9. The second-order valence-corrected chi connectivity index (χ2v) is 12.3. The van der Waals surface area contributed by atoms with Crippen LogP contribution in [0.2, 0.25) is 5.02 Å². The Morgan fingerprint density at radius 3 is 2.40 bits per heavy atom. The smallest absolute Gasteiger partial charge is 0.420 e. The summed E-state index contributed by atoms with van der Waals surface area (Å²) in [5.74, 6) is -2.53. The van der Waals surface area contributed by atoms with Crippen molar-refractivity contribution in [1.29, 1.82) is 0 Å². The second-order valence-electron chi connectivity index (χ2n) is 9.92. The predicted molar refractivity (Wildman–Crippen MR) is 138 cm³/mol. The topological polar surface area (TPSA) is 143 Å². The predicted octanol–water partition coefficient (Wildman–Crippen LogP) is 5.52. The Morgan fingerprint density at radius 1 is 1.23 bits per heavy atom. The minimum absolute atomic E-state index is 0.393. The number of nitro benzene ring substituents is 1. The van der Waals surface area contributed by atoms with E-state index in [1.165, 1.54) is 13.0 Å². The number of rotatable bonds is 4. The molecule has 40 heavy (non-hydrogen) atoms. The summed E-state index contributed by atoms with van der Waals surface area (Å²) in [5.41, 5.74) is -7.62. The fourth-order valence-corrected chi connectivity index (χ4v) is 5.60. The van der Waals surface area contributed by atoms with Crippen molar-refractivity contribution >= 4 is 50.7 Å². The molecule has 0 aromatic heterocycles. The number of guanidine groups is 1. The lowest BCUT2D eigenvalue weighted by atomic mass is 9.93. The first-order chi connectivity index (χ1) is 18.2. The monoisotopic (exact) mass is 609 g/mol. The van der Waals surface area contributed by atoms with Gasteiger partial charge in [-0.25, -0.2) is 26.9 Å². The van der Waals surface area contributed by atoms with E-state index in [0.717, 1.165) is 25.2 Å². The van der Waals surface area contributed by atoms with E-state index in [-0.39, 0.29) is 0 Å². The zero-order chi connectivity index (χ0) is 30.4. The van der Waals surface area contributed by atoms with Gasteiger partial charge in [0.15, 0.2) is 5.82 Å². The molecule has 2 aromatic carbocycles. The van der Waals surface area contributed by atoms with Crippen LogP contribution in [-0.2, 0) is 26.5 Å². The zero-order valence-electron chi connectivity index (χ0n) is 21.7. The molecule has 0 bridgehead atoms. The standard InChI is InChI=1S/C23H24ClF4N5O6S/c1-21(2,3)39-20(34)30-19-31-22(4,11-40(37,38)32(19)5)12-7-6-8-14(17(12)25)29-18-15(33(35)36)10-9-13(24)16(18)23(26,27)28/h6-10,29H,11H2,1-5H3,(H,30,31,34)/t22-/m0/s1. The highest BCUT2D eigenvalue weighted by atomic mass is 35.5. The molecule has 0 spiro atoms. The third-order valence-corrected chi connectivity index (χ3v) is 7.85. The number of ether oxygens (including phenoxy) is 1. The number of anilines is 2. The van der Waals surface area contributed by atoms with Gasteiger partial charge in [-0.3, -0.25) is 15.4 Å². The van der Waals surface area contributed by atoms with Crippen LogP contribution in [0.5, 0.6) is 0 Å². The van der Waals surface area contributed by atoms with E-state index in [1.807, 2.05) is 0 Å². The van der Waals surface area contributed by atoms with Crippen molar-refractivity contribution in [3.8, 4) is 0 Å². The molecule has 0 radical (unpaired) electrons. The van der Waals surface area contributed by atoms with Gasteiger partial charge >= 0.3 is 12.3 Å². The molecule has 11 nitrogen and oxygen atoms in total. The molecular weight excluding hydrogens is 586 g/mol. The first-order valence-electron chi connectivity index (χ1n) is 11.3. The lowest BCUT2D eigenvalue weighted by Gasteiger charge is -2.36. The third-order valence-electron chi connectivity index (χ3n) is 5.60. The Balaban J connectivity index is 2.15. The minimum atomic E-state index is -5.15. The summed E-state index contributed by atoms with van der Waals surface area (Å²) in [6.07, 6.45) is -6.19. The summed E-state index contributed by atoms with van der Waals surface area (Å²) in [6.45, 7) is 5.95. The van der Waals surface area contributed by atoms with E-state index in [0.29, 0.717) is 10.4 Å². The first-order valence-corrected chi connectivity index (χ1v) is 13.3. The third kappa shape index (κ3) is 6.38. The Bertz CT molecular complexity index is 1510. The molecule has 2 N–H and O–H groups in total. The molecule has 2 aromatic rings. The molecule has 1 heterocycles. The van der Waals surface area contributed by atoms with Crippen LogP contribution in [0.3, 0.4) is 0 Å². The molecule has 0 saturated carbocycles. The van der Waals surface area contributed by atoms with Crippen molar-refractivity contribution in [3.05, 3.63) is 62.4 Å². The molecule has 1 aliphatic heterocycles. The van der Waals surface area contributed by atoms with Gasteiger partial charge in [-0.15, -0.1) is 0 Å². The van der Waals surface area contributed by atoms with Gasteiger partial charge in [0, 0.05) is 18.7 Å². The molecule has 1 amide bonds. The van der Waals surface area contributed by atoms with Gasteiger partial charge < -0.3 is 10.1 Å². The van der Waals surface area contributed by atoms with Crippen molar-refractivity contribution in [2.45, 2.75) is 45.0 Å². The van der Waals surface area contributed by atoms with Crippen molar-refractivity contribution in [3.63, 3.8) is 0 Å². The number of nitro groups is 1. The van der Waals surface area contributed by atoms with Crippen LogP contribution < -0.4 is 10.6 Å². The molecule has 0 unspecified atom stereocenters. The van der Waals surface area contributed by atoms with Crippen LogP contribution >= 0.6 is 11.6 Å². The van der Waals surface area contributed by atoms with Gasteiger partial charge in [-0.2, -0.15) is 13.2 Å². The van der Waals surface area contributed by atoms with Crippen LogP contribution in [0.25, 0.3) is 0 Å². The van der Waals surface area contributed by atoms with E-state index in [1.54, 1.807) is 20.8 Å². The average molecular weight is 610 g/mol. The highest BCUT2D eigenvalue weighted by Gasteiger charge is 2.44. The van der Waals surface area contributed by atoms with Crippen LogP contribution in [0.4, 0.5) is 39.4 Å². The van der Waals surface area contributed by atoms with Crippen LogP contribution in [-0.4, -0.2) is 48.1 Å². The second kappa shape index (κ2) is 10.4. The SMILES string of the molecule is CN1C(NC(=O)OC(C)(C)C)=N[C@](C)(c2cccc(Nc3c([N+](=O)[O-])ccc(Cl)c3C(F)(F)F)c2F)CS1(=O)=O. The molecule has 3 rings (SSSR count). The fourth-order valence-electron chi connectivity index (χ4n) is 3.86. The number of sulfonamides is 1. The number of nitrogens with zero attached hydrogens (tertiary/aromatic N) is 3. The molecule has 0 saturated heterocycles. The Morgan fingerprint density at radius 2 is 1.85 bits per heavy atom. The summed E-state index contributed by atoms with van der Waals surface area (Å²) in [5, 5.41) is 15.0. The van der Waals surface area contributed by atoms with Crippen molar-refractivity contribution in [2.24, 2.45) is 4.99 Å². The molecule has 0 fully saturated rings. The zero-order valence-corrected chi connectivity index (χ0v) is 23.3. The molecule has 17 heteroatoms. The van der Waals surface area contributed by atoms with Gasteiger partial charge in [-0.1, -0.05) is 23.7 Å². The number of alkyl halides is 3. The van der Waals surface area contributed by atoms with Gasteiger partial charge in [0.1, 0.15) is 22.4 Å².